The molecule has 1 saturated heterocycles. The summed E-state index contributed by atoms with van der Waals surface area (Å²) < 4.78 is 5.35. The lowest BCUT2D eigenvalue weighted by atomic mass is 9.77. The van der Waals surface area contributed by atoms with Gasteiger partial charge in [-0.15, -0.1) is 0 Å². The van der Waals surface area contributed by atoms with E-state index in [9.17, 15) is 4.79 Å². The van der Waals surface area contributed by atoms with Crippen LogP contribution in [0, 0.1) is 0 Å². The van der Waals surface area contributed by atoms with Crippen molar-refractivity contribution >= 4 is 46.1 Å². The Balaban J connectivity index is 1.70. The number of ether oxygens (including phenoxy) is 1. The van der Waals surface area contributed by atoms with Crippen molar-refractivity contribution < 1.29 is 9.53 Å². The van der Waals surface area contributed by atoms with Crippen molar-refractivity contribution in [2.75, 3.05) is 14.2 Å². The average molecular weight is 464 g/mol. The van der Waals surface area contributed by atoms with Gasteiger partial charge in [-0.2, -0.15) is 0 Å². The predicted octanol–water partition coefficient (Wildman–Crippen LogP) is 5.79. The molecule has 0 atom stereocenters. The number of H-pyrrole nitrogens is 1. The van der Waals surface area contributed by atoms with Crippen LogP contribution in [0.15, 0.2) is 36.1 Å². The lowest BCUT2D eigenvalue weighted by Crippen LogP contribution is -2.62. The second-order valence-electron chi connectivity index (χ2n) is 9.43. The van der Waals surface area contributed by atoms with Gasteiger partial charge >= 0.3 is 0 Å². The number of fused-ring (bicyclic) bond motifs is 1. The first kappa shape index (κ1) is 23.7. The summed E-state index contributed by atoms with van der Waals surface area (Å²) in [6.45, 7) is 8.85. The van der Waals surface area contributed by atoms with Crippen LogP contribution in [0.1, 0.15) is 46.2 Å². The monoisotopic (exact) mass is 463 g/mol. The Hall–Kier alpha value is -1.95. The van der Waals surface area contributed by atoms with E-state index in [1.165, 1.54) is 7.11 Å². The Morgan fingerprint density at radius 3 is 2.39 bits per heavy atom. The van der Waals surface area contributed by atoms with Gasteiger partial charge in [-0.3, -0.25) is 9.69 Å². The number of aromatic nitrogens is 1. The van der Waals surface area contributed by atoms with Gasteiger partial charge < -0.3 is 15.0 Å². The molecule has 0 unspecified atom stereocenters. The largest absolute Gasteiger partial charge is 0.491 e. The number of halogens is 2. The van der Waals surface area contributed by atoms with E-state index in [1.807, 2.05) is 18.2 Å². The minimum atomic E-state index is -0.205. The number of carbonyl (C=O) groups excluding carboxylic acids is 1. The fraction of sp³-hybridized carbons (Fsp3) is 0.458. The number of methoxy groups -OCH3 is 1. The maximum atomic E-state index is 12.8. The molecule has 7 heteroatoms. The summed E-state index contributed by atoms with van der Waals surface area (Å²) in [6.07, 6.45) is 7.09. The Bertz CT molecular complexity index is 980. The summed E-state index contributed by atoms with van der Waals surface area (Å²) in [6, 6.07) is 5.67. The van der Waals surface area contributed by atoms with Gasteiger partial charge in [-0.1, -0.05) is 29.3 Å². The highest BCUT2D eigenvalue weighted by Gasteiger charge is 2.43. The molecule has 1 amide bonds. The van der Waals surface area contributed by atoms with Crippen molar-refractivity contribution in [3.05, 3.63) is 51.8 Å². The van der Waals surface area contributed by atoms with Crippen molar-refractivity contribution in [1.82, 2.24) is 15.2 Å². The molecule has 1 fully saturated rings. The number of hydrogen-bond donors (Lipinski definition) is 2. The Kier molecular flexibility index (Phi) is 6.80. The smallest absolute Gasteiger partial charge is 0.286 e. The average Bonchev–Trinajstić information content (AvgIpc) is 3.04. The van der Waals surface area contributed by atoms with Gasteiger partial charge in [-0.25, -0.2) is 0 Å². The van der Waals surface area contributed by atoms with Crippen LogP contribution in [-0.4, -0.2) is 47.1 Å². The third-order valence-electron chi connectivity index (χ3n) is 6.29. The molecule has 0 aliphatic carbocycles. The minimum absolute atomic E-state index is 0.00202. The number of benzene rings is 1. The number of allylic oxidation sites excluding steroid dienone is 2. The van der Waals surface area contributed by atoms with Crippen molar-refractivity contribution in [3.8, 4) is 0 Å². The third kappa shape index (κ3) is 5.28. The molecule has 31 heavy (non-hydrogen) atoms. The first-order valence-electron chi connectivity index (χ1n) is 10.4. The zero-order chi connectivity index (χ0) is 23.0. The Morgan fingerprint density at radius 1 is 1.16 bits per heavy atom. The molecule has 0 radical (unpaired) electrons. The lowest BCUT2D eigenvalue weighted by Gasteiger charge is -2.53. The normalized spacial score (nSPS) is 19.8. The van der Waals surface area contributed by atoms with Crippen molar-refractivity contribution in [1.29, 1.82) is 0 Å². The molecule has 5 nitrogen and oxygen atoms in total. The van der Waals surface area contributed by atoms with Crippen molar-refractivity contribution in [2.24, 2.45) is 0 Å². The van der Waals surface area contributed by atoms with Gasteiger partial charge in [0.2, 0.25) is 0 Å². The quantitative estimate of drug-likeness (QED) is 0.335. The molecule has 2 heterocycles. The van der Waals surface area contributed by atoms with Crippen LogP contribution >= 0.6 is 23.2 Å². The summed E-state index contributed by atoms with van der Waals surface area (Å²) in [7, 11) is 3.66. The standard InChI is InChI=1S/C24H31Cl2N3O2/c1-23(2)13-17(14-24(3,4)29(23)5)28-22(30)21(31-6)9-7-8-16-10-15-11-18(25)19(26)12-20(15)27-16/h7-12,17,27H,13-14H2,1-6H3,(H,28,30)/b8-7-,21-9+. The summed E-state index contributed by atoms with van der Waals surface area (Å²) in [4.78, 5) is 18.5. The van der Waals surface area contributed by atoms with E-state index in [1.54, 1.807) is 18.2 Å². The van der Waals surface area contributed by atoms with Crippen LogP contribution in [0.2, 0.25) is 10.0 Å². The van der Waals surface area contributed by atoms with Gasteiger partial charge in [0.25, 0.3) is 5.91 Å². The molecule has 168 valence electrons. The van der Waals surface area contributed by atoms with Gasteiger partial charge in [0, 0.05) is 33.7 Å². The summed E-state index contributed by atoms with van der Waals surface area (Å²) in [5.74, 6) is 0.0662. The fourth-order valence-corrected chi connectivity index (χ4v) is 4.78. The number of carbonyl (C=O) groups is 1. The lowest BCUT2D eigenvalue weighted by molar-refractivity contribution is -0.122. The van der Waals surface area contributed by atoms with Gasteiger partial charge in [-0.05, 0) is 77.9 Å². The Morgan fingerprint density at radius 2 is 1.77 bits per heavy atom. The molecule has 1 aliphatic rings. The molecular weight excluding hydrogens is 433 g/mol. The number of rotatable bonds is 5. The van der Waals surface area contributed by atoms with E-state index >= 15 is 0 Å². The van der Waals surface area contributed by atoms with E-state index in [-0.39, 0.29) is 28.8 Å². The number of aromatic amines is 1. The number of nitrogens with zero attached hydrogens (tertiary/aromatic N) is 1. The van der Waals surface area contributed by atoms with E-state index in [4.69, 9.17) is 27.9 Å². The van der Waals surface area contributed by atoms with E-state index in [2.05, 4.69) is 49.9 Å². The molecule has 0 bridgehead atoms. The van der Waals surface area contributed by atoms with Crippen molar-refractivity contribution in [3.63, 3.8) is 0 Å². The van der Waals surface area contributed by atoms with E-state index in [0.29, 0.717) is 10.0 Å². The number of nitrogens with one attached hydrogen (secondary N) is 2. The fourth-order valence-electron chi connectivity index (χ4n) is 4.44. The Labute approximate surface area is 194 Å². The van der Waals surface area contributed by atoms with Crippen LogP contribution in [0.25, 0.3) is 17.0 Å². The first-order chi connectivity index (χ1) is 14.4. The highest BCUT2D eigenvalue weighted by Crippen LogP contribution is 2.37. The number of amides is 1. The molecule has 3 rings (SSSR count). The molecule has 1 aromatic heterocycles. The second-order valence-corrected chi connectivity index (χ2v) is 10.2. The number of hydrogen-bond acceptors (Lipinski definition) is 3. The second kappa shape index (κ2) is 8.89. The highest BCUT2D eigenvalue weighted by atomic mass is 35.5. The zero-order valence-electron chi connectivity index (χ0n) is 19.0. The first-order valence-corrected chi connectivity index (χ1v) is 11.1. The molecule has 2 N–H and O–H groups in total. The predicted molar refractivity (Wildman–Crippen MR) is 130 cm³/mol. The maximum Gasteiger partial charge on any atom is 0.286 e. The van der Waals surface area contributed by atoms with E-state index in [0.717, 1.165) is 29.4 Å². The molecular formula is C24H31Cl2N3O2. The van der Waals surface area contributed by atoms with Gasteiger partial charge in [0.15, 0.2) is 5.76 Å². The molecule has 0 spiro atoms. The third-order valence-corrected chi connectivity index (χ3v) is 7.01. The molecule has 1 aliphatic heterocycles. The van der Waals surface area contributed by atoms with Gasteiger partial charge in [0.1, 0.15) is 0 Å². The van der Waals surface area contributed by atoms with Gasteiger partial charge in [0.05, 0.1) is 17.2 Å². The topological polar surface area (TPSA) is 57.4 Å². The maximum absolute atomic E-state index is 12.8. The molecule has 0 saturated carbocycles. The van der Waals surface area contributed by atoms with Crippen LogP contribution in [0.5, 0.6) is 0 Å². The van der Waals surface area contributed by atoms with E-state index < -0.39 is 0 Å². The SMILES string of the molecule is CO/C(=C/C=C\c1cc2cc(Cl)c(Cl)cc2[nH]1)C(=O)NC1CC(C)(C)N(C)C(C)(C)C1. The minimum Gasteiger partial charge on any atom is -0.491 e. The molecule has 1 aromatic carbocycles. The number of piperidine rings is 1. The van der Waals surface area contributed by atoms with Crippen LogP contribution in [0.4, 0.5) is 0 Å². The van der Waals surface area contributed by atoms with Crippen LogP contribution in [-0.2, 0) is 9.53 Å². The van der Waals surface area contributed by atoms with Crippen LogP contribution in [0.3, 0.4) is 0 Å². The highest BCUT2D eigenvalue weighted by molar-refractivity contribution is 6.42. The molecule has 2 aromatic rings. The van der Waals surface area contributed by atoms with Crippen LogP contribution < -0.4 is 5.32 Å². The summed E-state index contributed by atoms with van der Waals surface area (Å²) in [5.41, 5.74) is 1.77. The summed E-state index contributed by atoms with van der Waals surface area (Å²) in [5, 5.41) is 5.14. The van der Waals surface area contributed by atoms with Crippen molar-refractivity contribution in [2.45, 2.75) is 57.7 Å². The zero-order valence-corrected chi connectivity index (χ0v) is 20.5. The number of likely N-dealkylation sites (tertiary alicyclic amines) is 1. The summed E-state index contributed by atoms with van der Waals surface area (Å²) >= 11 is 12.2.